The number of rotatable bonds is 5. The maximum Gasteiger partial charge on any atom is 0.0982 e. The fourth-order valence-electron chi connectivity index (χ4n) is 1.84. The minimum absolute atomic E-state index is 0.850. The molecular weight excluding hydrogens is 188 g/mol. The SMILES string of the molecule is COCCCCc1ccc2ccocc1-2. The molecule has 0 aromatic rings. The molecule has 0 aromatic heterocycles. The second-order valence-electron chi connectivity index (χ2n) is 3.73. The molecule has 2 nitrogen and oxygen atoms in total. The van der Waals surface area contributed by atoms with Crippen LogP contribution in [0.4, 0.5) is 0 Å². The van der Waals surface area contributed by atoms with E-state index in [0.717, 1.165) is 19.4 Å². The highest BCUT2D eigenvalue weighted by atomic mass is 16.5. The van der Waals surface area contributed by atoms with Gasteiger partial charge in [0.1, 0.15) is 0 Å². The first-order valence-corrected chi connectivity index (χ1v) is 5.34. The molecule has 0 N–H and O–H groups in total. The van der Waals surface area contributed by atoms with Crippen molar-refractivity contribution in [3.05, 3.63) is 36.3 Å². The lowest BCUT2D eigenvalue weighted by Crippen LogP contribution is -1.91. The Balaban J connectivity index is 1.97. The second kappa shape index (κ2) is 4.99. The molecule has 2 rings (SSSR count). The van der Waals surface area contributed by atoms with Gasteiger partial charge in [-0.3, -0.25) is 0 Å². The molecule has 0 bridgehead atoms. The summed E-state index contributed by atoms with van der Waals surface area (Å²) >= 11 is 0. The van der Waals surface area contributed by atoms with Crippen LogP contribution >= 0.6 is 0 Å². The number of aryl methyl sites for hydroxylation is 1. The number of methoxy groups -OCH3 is 1. The van der Waals surface area contributed by atoms with Gasteiger partial charge in [0.05, 0.1) is 12.5 Å². The van der Waals surface area contributed by atoms with Crippen molar-refractivity contribution in [3.8, 4) is 11.1 Å². The minimum atomic E-state index is 0.850. The summed E-state index contributed by atoms with van der Waals surface area (Å²) in [6.07, 6.45) is 6.94. The molecule has 2 heteroatoms. The summed E-state index contributed by atoms with van der Waals surface area (Å²) in [5, 5.41) is 0. The van der Waals surface area contributed by atoms with Gasteiger partial charge in [-0.25, -0.2) is 0 Å². The average Bonchev–Trinajstić information content (AvgIpc) is 2.68. The van der Waals surface area contributed by atoms with E-state index in [0.29, 0.717) is 0 Å². The van der Waals surface area contributed by atoms with Crippen molar-refractivity contribution in [2.75, 3.05) is 13.7 Å². The molecular formula is C13H16O2. The molecule has 0 atom stereocenters. The van der Waals surface area contributed by atoms with E-state index in [2.05, 4.69) is 12.1 Å². The van der Waals surface area contributed by atoms with Crippen LogP contribution < -0.4 is 0 Å². The number of fused-ring (bicyclic) bond motifs is 1. The van der Waals surface area contributed by atoms with Gasteiger partial charge in [-0.2, -0.15) is 0 Å². The quantitative estimate of drug-likeness (QED) is 0.697. The van der Waals surface area contributed by atoms with E-state index in [1.54, 1.807) is 13.4 Å². The van der Waals surface area contributed by atoms with Gasteiger partial charge in [0, 0.05) is 19.3 Å². The van der Waals surface area contributed by atoms with Crippen LogP contribution in [0.1, 0.15) is 18.4 Å². The Hall–Kier alpha value is -1.28. The molecule has 0 fully saturated rings. The third-order valence-electron chi connectivity index (χ3n) is 2.68. The molecule has 1 heterocycles. The predicted molar refractivity (Wildman–Crippen MR) is 60.1 cm³/mol. The van der Waals surface area contributed by atoms with Crippen LogP contribution in [-0.4, -0.2) is 13.7 Å². The molecule has 0 unspecified atom stereocenters. The first kappa shape index (κ1) is 10.2. The lowest BCUT2D eigenvalue weighted by molar-refractivity contribution is 0.193. The summed E-state index contributed by atoms with van der Waals surface area (Å²) in [5.41, 5.74) is 3.89. The molecule has 0 saturated heterocycles. The Morgan fingerprint density at radius 1 is 1.20 bits per heavy atom. The van der Waals surface area contributed by atoms with Crippen LogP contribution in [0.3, 0.4) is 0 Å². The zero-order valence-electron chi connectivity index (χ0n) is 9.03. The van der Waals surface area contributed by atoms with Crippen molar-refractivity contribution < 1.29 is 9.15 Å². The molecule has 0 amide bonds. The molecule has 2 aliphatic rings. The number of hydrogen-bond acceptors (Lipinski definition) is 2. The normalized spacial score (nSPS) is 11.0. The summed E-state index contributed by atoms with van der Waals surface area (Å²) in [6.45, 7) is 0.850. The van der Waals surface area contributed by atoms with Gasteiger partial charge < -0.3 is 9.15 Å². The number of ether oxygens (including phenoxy) is 1. The maximum atomic E-state index is 5.19. The molecule has 0 saturated carbocycles. The summed E-state index contributed by atoms with van der Waals surface area (Å²) < 4.78 is 10.2. The minimum Gasteiger partial charge on any atom is -0.472 e. The Labute approximate surface area is 90.2 Å². The largest absolute Gasteiger partial charge is 0.472 e. The Morgan fingerprint density at radius 2 is 2.13 bits per heavy atom. The van der Waals surface area contributed by atoms with E-state index in [4.69, 9.17) is 9.15 Å². The Kier molecular flexibility index (Phi) is 3.41. The van der Waals surface area contributed by atoms with Crippen molar-refractivity contribution >= 4 is 0 Å². The fourth-order valence-corrected chi connectivity index (χ4v) is 1.84. The van der Waals surface area contributed by atoms with E-state index in [9.17, 15) is 0 Å². The van der Waals surface area contributed by atoms with E-state index < -0.39 is 0 Å². The van der Waals surface area contributed by atoms with Gasteiger partial charge in [-0.1, -0.05) is 12.1 Å². The van der Waals surface area contributed by atoms with Crippen LogP contribution in [0.5, 0.6) is 0 Å². The summed E-state index contributed by atoms with van der Waals surface area (Å²) in [6, 6.07) is 6.34. The summed E-state index contributed by atoms with van der Waals surface area (Å²) in [4.78, 5) is 0. The van der Waals surface area contributed by atoms with Gasteiger partial charge in [-0.05, 0) is 36.5 Å². The van der Waals surface area contributed by atoms with Gasteiger partial charge >= 0.3 is 0 Å². The molecule has 80 valence electrons. The molecule has 0 aromatic carbocycles. The zero-order valence-corrected chi connectivity index (χ0v) is 9.03. The lowest BCUT2D eigenvalue weighted by atomic mass is 10.1. The summed E-state index contributed by atoms with van der Waals surface area (Å²) in [7, 11) is 1.75. The highest BCUT2D eigenvalue weighted by molar-refractivity contribution is 5.69. The van der Waals surface area contributed by atoms with Crippen LogP contribution in [0.15, 0.2) is 35.1 Å². The molecule has 0 spiro atoms. The van der Waals surface area contributed by atoms with E-state index in [-0.39, 0.29) is 0 Å². The number of unbranched alkanes of at least 4 members (excludes halogenated alkanes) is 1. The smallest absolute Gasteiger partial charge is 0.0982 e. The highest BCUT2D eigenvalue weighted by Crippen LogP contribution is 2.28. The first-order valence-electron chi connectivity index (χ1n) is 5.34. The molecule has 1 aliphatic heterocycles. The Bertz CT molecular complexity index is 378. The van der Waals surface area contributed by atoms with Gasteiger partial charge in [0.2, 0.25) is 0 Å². The standard InChI is InChI=1S/C13H16O2/c1-14-8-3-2-4-11-5-6-12-7-9-15-10-13(11)12/h5-7,9-10H,2-4,8H2,1H3. The van der Waals surface area contributed by atoms with Gasteiger partial charge in [0.15, 0.2) is 0 Å². The third-order valence-corrected chi connectivity index (χ3v) is 2.68. The van der Waals surface area contributed by atoms with Crippen molar-refractivity contribution in [1.82, 2.24) is 0 Å². The highest BCUT2D eigenvalue weighted by Gasteiger charge is 2.08. The van der Waals surface area contributed by atoms with E-state index >= 15 is 0 Å². The van der Waals surface area contributed by atoms with Crippen molar-refractivity contribution in [2.24, 2.45) is 0 Å². The van der Waals surface area contributed by atoms with Crippen LogP contribution in [0, 0.1) is 0 Å². The van der Waals surface area contributed by atoms with Gasteiger partial charge in [-0.15, -0.1) is 0 Å². The second-order valence-corrected chi connectivity index (χ2v) is 3.73. The first-order chi connectivity index (χ1) is 7.42. The van der Waals surface area contributed by atoms with Crippen molar-refractivity contribution in [3.63, 3.8) is 0 Å². The zero-order chi connectivity index (χ0) is 10.5. The third kappa shape index (κ3) is 2.39. The van der Waals surface area contributed by atoms with E-state index in [1.807, 2.05) is 12.3 Å². The molecule has 0 radical (unpaired) electrons. The molecule has 1 aliphatic carbocycles. The van der Waals surface area contributed by atoms with E-state index in [1.165, 1.54) is 23.1 Å². The average molecular weight is 204 g/mol. The van der Waals surface area contributed by atoms with Gasteiger partial charge in [0.25, 0.3) is 0 Å². The monoisotopic (exact) mass is 204 g/mol. The van der Waals surface area contributed by atoms with Crippen molar-refractivity contribution in [2.45, 2.75) is 19.3 Å². The number of hydrogen-bond donors (Lipinski definition) is 0. The Morgan fingerprint density at radius 3 is 3.00 bits per heavy atom. The lowest BCUT2D eigenvalue weighted by Gasteiger charge is -2.02. The van der Waals surface area contributed by atoms with Crippen LogP contribution in [0.25, 0.3) is 11.1 Å². The predicted octanol–water partition coefficient (Wildman–Crippen LogP) is 3.35. The molecule has 15 heavy (non-hydrogen) atoms. The topological polar surface area (TPSA) is 22.4 Å². The fraction of sp³-hybridized carbons (Fsp3) is 0.385. The summed E-state index contributed by atoms with van der Waals surface area (Å²) in [5.74, 6) is 0. The maximum absolute atomic E-state index is 5.19. The van der Waals surface area contributed by atoms with Crippen LogP contribution in [-0.2, 0) is 11.2 Å². The van der Waals surface area contributed by atoms with Crippen molar-refractivity contribution in [1.29, 1.82) is 0 Å². The van der Waals surface area contributed by atoms with Crippen LogP contribution in [0.2, 0.25) is 0 Å².